The first-order valence-corrected chi connectivity index (χ1v) is 5.82. The fourth-order valence-corrected chi connectivity index (χ4v) is 1.94. The van der Waals surface area contributed by atoms with Gasteiger partial charge in [0.05, 0.1) is 24.4 Å². The number of alkyl halides is 3. The number of aryl methyl sites for hydroxylation is 1. The second-order valence-electron chi connectivity index (χ2n) is 4.38. The minimum Gasteiger partial charge on any atom is -0.465 e. The topological polar surface area (TPSA) is 70.1 Å². The summed E-state index contributed by atoms with van der Waals surface area (Å²) in [6, 6.07) is 1.80. The van der Waals surface area contributed by atoms with Crippen LogP contribution in [0, 0.1) is 0 Å². The number of hydrogen-bond donors (Lipinski definition) is 1. The molecule has 0 amide bonds. The summed E-state index contributed by atoms with van der Waals surface area (Å²) in [6.45, 7) is 0. The fourth-order valence-electron chi connectivity index (χ4n) is 1.94. The van der Waals surface area contributed by atoms with Crippen molar-refractivity contribution in [3.05, 3.63) is 35.7 Å². The zero-order valence-electron chi connectivity index (χ0n) is 11.2. The van der Waals surface area contributed by atoms with E-state index in [9.17, 15) is 18.0 Å². The second-order valence-corrected chi connectivity index (χ2v) is 4.38. The van der Waals surface area contributed by atoms with Crippen LogP contribution in [0.1, 0.15) is 15.9 Å². The predicted molar refractivity (Wildman–Crippen MR) is 69.4 cm³/mol. The Morgan fingerprint density at radius 3 is 2.52 bits per heavy atom. The predicted octanol–water partition coefficient (Wildman–Crippen LogP) is 2.47. The number of benzene rings is 1. The van der Waals surface area contributed by atoms with E-state index in [0.29, 0.717) is 0 Å². The molecule has 0 aliphatic rings. The van der Waals surface area contributed by atoms with Crippen molar-refractivity contribution >= 4 is 11.7 Å². The number of anilines is 1. The highest BCUT2D eigenvalue weighted by atomic mass is 19.4. The Bertz CT molecular complexity index is 692. The van der Waals surface area contributed by atoms with Gasteiger partial charge in [-0.2, -0.15) is 18.3 Å². The Hall–Kier alpha value is -2.51. The van der Waals surface area contributed by atoms with E-state index >= 15 is 0 Å². The van der Waals surface area contributed by atoms with Gasteiger partial charge in [0.25, 0.3) is 0 Å². The SMILES string of the molecule is COC(=O)c1cc(-c2cnn(C)c2)c(C(F)(F)F)cc1N. The molecule has 0 aliphatic heterocycles. The van der Waals surface area contributed by atoms with Crippen molar-refractivity contribution < 1.29 is 22.7 Å². The molecule has 0 radical (unpaired) electrons. The summed E-state index contributed by atoms with van der Waals surface area (Å²) in [5.41, 5.74) is 4.24. The summed E-state index contributed by atoms with van der Waals surface area (Å²) in [7, 11) is 2.71. The van der Waals surface area contributed by atoms with Gasteiger partial charge in [-0.25, -0.2) is 4.79 Å². The molecule has 0 atom stereocenters. The molecule has 5 nitrogen and oxygen atoms in total. The third kappa shape index (κ3) is 2.83. The molecule has 0 saturated carbocycles. The number of esters is 1. The van der Waals surface area contributed by atoms with Crippen molar-refractivity contribution in [3.63, 3.8) is 0 Å². The normalized spacial score (nSPS) is 11.5. The molecule has 0 unspecified atom stereocenters. The third-order valence-electron chi connectivity index (χ3n) is 2.92. The Balaban J connectivity index is 2.72. The van der Waals surface area contributed by atoms with Gasteiger partial charge in [-0.05, 0) is 17.7 Å². The van der Waals surface area contributed by atoms with E-state index in [1.54, 1.807) is 7.05 Å². The largest absolute Gasteiger partial charge is 0.465 e. The Morgan fingerprint density at radius 2 is 2.05 bits per heavy atom. The number of nitrogens with two attached hydrogens (primary N) is 1. The van der Waals surface area contributed by atoms with E-state index in [-0.39, 0.29) is 22.4 Å². The van der Waals surface area contributed by atoms with Crippen LogP contribution < -0.4 is 5.73 Å². The number of hydrogen-bond acceptors (Lipinski definition) is 4. The van der Waals surface area contributed by atoms with Crippen LogP contribution >= 0.6 is 0 Å². The molecule has 1 aromatic heterocycles. The second kappa shape index (κ2) is 5.12. The first-order chi connectivity index (χ1) is 9.74. The zero-order chi connectivity index (χ0) is 15.8. The van der Waals surface area contributed by atoms with Gasteiger partial charge in [0, 0.05) is 24.5 Å². The standard InChI is InChI=1S/C13H12F3N3O2/c1-19-6-7(5-18-19)8-3-9(12(20)21-2)11(17)4-10(8)13(14,15)16/h3-6H,17H2,1-2H3. The average molecular weight is 299 g/mol. The van der Waals surface area contributed by atoms with Crippen molar-refractivity contribution in [2.45, 2.75) is 6.18 Å². The number of methoxy groups -OCH3 is 1. The lowest BCUT2D eigenvalue weighted by atomic mass is 9.97. The number of rotatable bonds is 2. The number of nitrogens with zero attached hydrogens (tertiary/aromatic N) is 2. The van der Waals surface area contributed by atoms with Crippen LogP contribution in [0.4, 0.5) is 18.9 Å². The van der Waals surface area contributed by atoms with Gasteiger partial charge in [0.15, 0.2) is 0 Å². The smallest absolute Gasteiger partial charge is 0.417 e. The van der Waals surface area contributed by atoms with Crippen molar-refractivity contribution in [1.29, 1.82) is 0 Å². The number of carbonyl (C=O) groups excluding carboxylic acids is 1. The molecule has 2 rings (SSSR count). The van der Waals surface area contributed by atoms with Gasteiger partial charge in [0.2, 0.25) is 0 Å². The molecule has 1 heterocycles. The highest BCUT2D eigenvalue weighted by Crippen LogP contribution is 2.39. The Labute approximate surface area is 118 Å². The molecule has 1 aromatic carbocycles. The third-order valence-corrected chi connectivity index (χ3v) is 2.92. The van der Waals surface area contributed by atoms with E-state index in [1.165, 1.54) is 17.1 Å². The molecule has 0 bridgehead atoms. The van der Waals surface area contributed by atoms with Crippen molar-refractivity contribution in [2.75, 3.05) is 12.8 Å². The van der Waals surface area contributed by atoms with Crippen molar-refractivity contribution in [3.8, 4) is 11.1 Å². The van der Waals surface area contributed by atoms with Gasteiger partial charge < -0.3 is 10.5 Å². The molecule has 8 heteroatoms. The van der Waals surface area contributed by atoms with Crippen LogP contribution in [0.3, 0.4) is 0 Å². The maximum atomic E-state index is 13.1. The van der Waals surface area contributed by atoms with Crippen LogP contribution in [-0.2, 0) is 18.0 Å². The summed E-state index contributed by atoms with van der Waals surface area (Å²) < 4.78 is 45.3. The highest BCUT2D eigenvalue weighted by molar-refractivity contribution is 5.97. The monoisotopic (exact) mass is 299 g/mol. The maximum absolute atomic E-state index is 13.1. The van der Waals surface area contributed by atoms with E-state index < -0.39 is 17.7 Å². The number of halogens is 3. The number of carbonyl (C=O) groups is 1. The van der Waals surface area contributed by atoms with Gasteiger partial charge in [-0.15, -0.1) is 0 Å². The molecular formula is C13H12F3N3O2. The molecule has 0 saturated heterocycles. The summed E-state index contributed by atoms with van der Waals surface area (Å²) in [4.78, 5) is 11.6. The first kappa shape index (κ1) is 14.9. The number of ether oxygens (including phenoxy) is 1. The molecule has 2 aromatic rings. The quantitative estimate of drug-likeness (QED) is 0.683. The zero-order valence-corrected chi connectivity index (χ0v) is 11.2. The summed E-state index contributed by atoms with van der Waals surface area (Å²) in [5, 5.41) is 3.84. The lowest BCUT2D eigenvalue weighted by Crippen LogP contribution is -2.12. The first-order valence-electron chi connectivity index (χ1n) is 5.82. The molecule has 0 spiro atoms. The van der Waals surface area contributed by atoms with Crippen LogP contribution in [0.2, 0.25) is 0 Å². The lowest BCUT2D eigenvalue weighted by molar-refractivity contribution is -0.137. The van der Waals surface area contributed by atoms with Gasteiger partial charge in [0.1, 0.15) is 0 Å². The highest BCUT2D eigenvalue weighted by Gasteiger charge is 2.35. The average Bonchev–Trinajstić information content (AvgIpc) is 2.83. The summed E-state index contributed by atoms with van der Waals surface area (Å²) in [5.74, 6) is -0.800. The number of nitrogen functional groups attached to an aromatic ring is 1. The van der Waals surface area contributed by atoms with Gasteiger partial charge in [-0.1, -0.05) is 0 Å². The maximum Gasteiger partial charge on any atom is 0.417 e. The molecule has 0 aliphatic carbocycles. The van der Waals surface area contributed by atoms with Gasteiger partial charge in [-0.3, -0.25) is 4.68 Å². The van der Waals surface area contributed by atoms with Crippen molar-refractivity contribution in [1.82, 2.24) is 9.78 Å². The minimum absolute atomic E-state index is 0.121. The molecule has 21 heavy (non-hydrogen) atoms. The Kier molecular flexibility index (Phi) is 3.63. The van der Waals surface area contributed by atoms with E-state index in [1.807, 2.05) is 0 Å². The van der Waals surface area contributed by atoms with Crippen LogP contribution in [0.5, 0.6) is 0 Å². The molecule has 0 fully saturated rings. The minimum atomic E-state index is -4.60. The number of aromatic nitrogens is 2. The van der Waals surface area contributed by atoms with Crippen LogP contribution in [-0.4, -0.2) is 22.9 Å². The molecule has 112 valence electrons. The van der Waals surface area contributed by atoms with E-state index in [0.717, 1.165) is 19.2 Å². The van der Waals surface area contributed by atoms with Crippen molar-refractivity contribution in [2.24, 2.45) is 7.05 Å². The van der Waals surface area contributed by atoms with Crippen LogP contribution in [0.25, 0.3) is 11.1 Å². The molecule has 2 N–H and O–H groups in total. The van der Waals surface area contributed by atoms with E-state index in [4.69, 9.17) is 5.73 Å². The summed E-state index contributed by atoms with van der Waals surface area (Å²) >= 11 is 0. The lowest BCUT2D eigenvalue weighted by Gasteiger charge is -2.15. The van der Waals surface area contributed by atoms with Crippen LogP contribution in [0.15, 0.2) is 24.5 Å². The summed E-state index contributed by atoms with van der Waals surface area (Å²) in [6.07, 6.45) is -1.91. The molecular weight excluding hydrogens is 287 g/mol. The fraction of sp³-hybridized carbons (Fsp3) is 0.231. The Morgan fingerprint density at radius 1 is 1.38 bits per heavy atom. The van der Waals surface area contributed by atoms with E-state index in [2.05, 4.69) is 9.84 Å². The van der Waals surface area contributed by atoms with Gasteiger partial charge >= 0.3 is 12.1 Å².